The molecule has 1 N–H and O–H groups in total. The van der Waals surface area contributed by atoms with Crippen LogP contribution in [0.1, 0.15) is 20.3 Å². The van der Waals surface area contributed by atoms with E-state index in [4.69, 9.17) is 4.98 Å². The Morgan fingerprint density at radius 2 is 1.86 bits per heavy atom. The lowest BCUT2D eigenvalue weighted by atomic mass is 10.2. The van der Waals surface area contributed by atoms with Gasteiger partial charge in [0.1, 0.15) is 5.52 Å². The highest BCUT2D eigenvalue weighted by Crippen LogP contribution is 2.28. The molecule has 142 valence electrons. The Hall–Kier alpha value is -2.93. The third-order valence-corrected chi connectivity index (χ3v) is 5.45. The van der Waals surface area contributed by atoms with Crippen LogP contribution in [0.25, 0.3) is 22.1 Å². The van der Waals surface area contributed by atoms with Crippen LogP contribution >= 0.6 is 11.8 Å². The summed E-state index contributed by atoms with van der Waals surface area (Å²) in [6.07, 6.45) is 0.996. The minimum Gasteiger partial charge on any atom is -0.325 e. The van der Waals surface area contributed by atoms with Crippen LogP contribution in [0.5, 0.6) is 0 Å². The Morgan fingerprint density at radius 1 is 1.11 bits per heavy atom. The molecule has 2 aromatic carbocycles. The molecule has 0 unspecified atom stereocenters. The summed E-state index contributed by atoms with van der Waals surface area (Å²) in [4.78, 5) is 17.2. The van der Waals surface area contributed by atoms with Gasteiger partial charge < -0.3 is 9.88 Å². The number of rotatable bonds is 6. The van der Waals surface area contributed by atoms with Crippen molar-refractivity contribution in [1.82, 2.24) is 19.7 Å². The van der Waals surface area contributed by atoms with Gasteiger partial charge in [-0.05, 0) is 31.5 Å². The zero-order chi connectivity index (χ0) is 19.5. The third-order valence-electron chi connectivity index (χ3n) is 4.49. The quantitative estimate of drug-likeness (QED) is 0.490. The van der Waals surface area contributed by atoms with Gasteiger partial charge in [0.05, 0.1) is 10.8 Å². The molecule has 2 heterocycles. The molecule has 0 aliphatic rings. The van der Waals surface area contributed by atoms with E-state index in [0.717, 1.165) is 40.7 Å². The van der Waals surface area contributed by atoms with Gasteiger partial charge in [0.25, 0.3) is 0 Å². The molecule has 0 aliphatic heterocycles. The topological polar surface area (TPSA) is 72.7 Å². The Bertz CT molecular complexity index is 1130. The van der Waals surface area contributed by atoms with Crippen LogP contribution in [0.3, 0.4) is 0 Å². The average molecular weight is 392 g/mol. The van der Waals surface area contributed by atoms with E-state index in [2.05, 4.69) is 33.1 Å². The lowest BCUT2D eigenvalue weighted by Gasteiger charge is -2.11. The summed E-state index contributed by atoms with van der Waals surface area (Å²) in [6.45, 7) is 4.84. The lowest BCUT2D eigenvalue weighted by molar-refractivity contribution is -0.115. The fourth-order valence-corrected chi connectivity index (χ4v) is 3.88. The summed E-state index contributed by atoms with van der Waals surface area (Å²) in [5.41, 5.74) is 3.50. The van der Waals surface area contributed by atoms with Gasteiger partial charge in [-0.2, -0.15) is 0 Å². The van der Waals surface area contributed by atoms with E-state index < -0.39 is 0 Å². The second kappa shape index (κ2) is 7.98. The highest BCUT2D eigenvalue weighted by atomic mass is 32.2. The van der Waals surface area contributed by atoms with Gasteiger partial charge in [-0.25, -0.2) is 4.98 Å². The van der Waals surface area contributed by atoms with E-state index >= 15 is 0 Å². The molecule has 0 aliphatic carbocycles. The first-order valence-corrected chi connectivity index (χ1v) is 10.2. The first-order chi connectivity index (χ1) is 13.7. The van der Waals surface area contributed by atoms with Crippen LogP contribution in [0.15, 0.2) is 59.8 Å². The Balaban J connectivity index is 1.61. The van der Waals surface area contributed by atoms with Crippen LogP contribution in [0, 0.1) is 0 Å². The molecule has 1 atom stereocenters. The monoisotopic (exact) mass is 391 g/mol. The maximum atomic E-state index is 12.5. The number of aromatic nitrogens is 4. The predicted molar refractivity (Wildman–Crippen MR) is 114 cm³/mol. The number of nitrogens with zero attached hydrogens (tertiary/aromatic N) is 4. The Labute approximate surface area is 167 Å². The van der Waals surface area contributed by atoms with Crippen molar-refractivity contribution in [2.75, 3.05) is 5.32 Å². The summed E-state index contributed by atoms with van der Waals surface area (Å²) in [5.74, 6) is -0.0889. The second-order valence-electron chi connectivity index (χ2n) is 6.55. The van der Waals surface area contributed by atoms with Crippen molar-refractivity contribution < 1.29 is 4.79 Å². The summed E-state index contributed by atoms with van der Waals surface area (Å²) < 4.78 is 2.18. The molecular formula is C21H21N5OS. The van der Waals surface area contributed by atoms with Crippen LogP contribution in [-0.4, -0.2) is 30.9 Å². The summed E-state index contributed by atoms with van der Waals surface area (Å²) in [7, 11) is 0. The molecule has 4 aromatic rings. The smallest absolute Gasteiger partial charge is 0.237 e. The number of fused-ring (bicyclic) bond motifs is 3. The fraction of sp³-hybridized carbons (Fsp3) is 0.238. The number of carbonyl (C=O) groups excluding carboxylic acids is 1. The van der Waals surface area contributed by atoms with Gasteiger partial charge in [-0.15, -0.1) is 10.2 Å². The van der Waals surface area contributed by atoms with Gasteiger partial charge in [0, 0.05) is 17.6 Å². The van der Waals surface area contributed by atoms with Crippen molar-refractivity contribution in [2.24, 2.45) is 0 Å². The molecular weight excluding hydrogens is 370 g/mol. The van der Waals surface area contributed by atoms with E-state index in [1.54, 1.807) is 0 Å². The summed E-state index contributed by atoms with van der Waals surface area (Å²) >= 11 is 1.31. The number of hydrogen-bond acceptors (Lipinski definition) is 5. The molecule has 0 spiro atoms. The normalized spacial score (nSPS) is 12.4. The summed E-state index contributed by atoms with van der Waals surface area (Å²) in [6, 6.07) is 17.6. The van der Waals surface area contributed by atoms with Gasteiger partial charge in [0.15, 0.2) is 5.65 Å². The molecule has 7 heteroatoms. The molecule has 0 bridgehead atoms. The van der Waals surface area contributed by atoms with Crippen LogP contribution < -0.4 is 5.32 Å². The van der Waals surface area contributed by atoms with Crippen molar-refractivity contribution in [3.8, 4) is 0 Å². The van der Waals surface area contributed by atoms with Crippen molar-refractivity contribution in [2.45, 2.75) is 37.2 Å². The SMILES string of the molecule is CCCn1c2ccccc2c2nnc(S[C@@H](C)C(=O)Nc3ccccc3)nc21. The number of nitrogens with one attached hydrogen (secondary N) is 1. The second-order valence-corrected chi connectivity index (χ2v) is 7.86. The molecule has 0 fully saturated rings. The number of thioether (sulfide) groups is 1. The largest absolute Gasteiger partial charge is 0.325 e. The van der Waals surface area contributed by atoms with Crippen molar-refractivity contribution in [3.05, 3.63) is 54.6 Å². The fourth-order valence-electron chi connectivity index (χ4n) is 3.17. The van der Waals surface area contributed by atoms with Gasteiger partial charge >= 0.3 is 0 Å². The number of anilines is 1. The van der Waals surface area contributed by atoms with Gasteiger partial charge in [-0.1, -0.05) is 55.1 Å². The van der Waals surface area contributed by atoms with Gasteiger partial charge in [-0.3, -0.25) is 4.79 Å². The van der Waals surface area contributed by atoms with Crippen LogP contribution in [-0.2, 0) is 11.3 Å². The standard InChI is InChI=1S/C21H21N5OS/c1-3-13-26-17-12-8-7-11-16(17)18-19(26)23-21(25-24-18)28-14(2)20(27)22-15-9-5-4-6-10-15/h4-12,14H,3,13H2,1-2H3,(H,22,27)/t14-/m0/s1. The van der Waals surface area contributed by atoms with Crippen LogP contribution in [0.2, 0.25) is 0 Å². The molecule has 0 radical (unpaired) electrons. The zero-order valence-corrected chi connectivity index (χ0v) is 16.6. The first-order valence-electron chi connectivity index (χ1n) is 9.31. The lowest BCUT2D eigenvalue weighted by Crippen LogP contribution is -2.22. The highest BCUT2D eigenvalue weighted by Gasteiger charge is 2.19. The Morgan fingerprint density at radius 3 is 2.64 bits per heavy atom. The molecule has 0 saturated carbocycles. The zero-order valence-electron chi connectivity index (χ0n) is 15.8. The average Bonchev–Trinajstić information content (AvgIpc) is 3.02. The number of carbonyl (C=O) groups is 1. The van der Waals surface area contributed by atoms with Crippen LogP contribution in [0.4, 0.5) is 5.69 Å². The maximum absolute atomic E-state index is 12.5. The Kier molecular flexibility index (Phi) is 5.25. The molecule has 2 aromatic heterocycles. The number of benzene rings is 2. The van der Waals surface area contributed by atoms with E-state index in [-0.39, 0.29) is 11.2 Å². The van der Waals surface area contributed by atoms with E-state index in [0.29, 0.717) is 5.16 Å². The number of para-hydroxylation sites is 2. The molecule has 6 nitrogen and oxygen atoms in total. The van der Waals surface area contributed by atoms with E-state index in [1.807, 2.05) is 55.5 Å². The van der Waals surface area contributed by atoms with Crippen molar-refractivity contribution in [1.29, 1.82) is 0 Å². The molecule has 28 heavy (non-hydrogen) atoms. The molecule has 0 saturated heterocycles. The van der Waals surface area contributed by atoms with E-state index in [9.17, 15) is 4.79 Å². The molecule has 4 rings (SSSR count). The third kappa shape index (κ3) is 3.57. The highest BCUT2D eigenvalue weighted by molar-refractivity contribution is 8.00. The van der Waals surface area contributed by atoms with Crippen molar-refractivity contribution in [3.63, 3.8) is 0 Å². The first kappa shape index (κ1) is 18.4. The summed E-state index contributed by atoms with van der Waals surface area (Å²) in [5, 5.41) is 12.8. The maximum Gasteiger partial charge on any atom is 0.237 e. The minimum absolute atomic E-state index is 0.0889. The number of aryl methyl sites for hydroxylation is 1. The van der Waals surface area contributed by atoms with Gasteiger partial charge in [0.2, 0.25) is 11.1 Å². The number of amides is 1. The number of hydrogen-bond donors (Lipinski definition) is 1. The molecule has 1 amide bonds. The van der Waals surface area contributed by atoms with Crippen molar-refractivity contribution >= 4 is 45.4 Å². The van der Waals surface area contributed by atoms with E-state index in [1.165, 1.54) is 11.8 Å². The predicted octanol–water partition coefficient (Wildman–Crippen LogP) is 4.51. The minimum atomic E-state index is -0.344.